The van der Waals surface area contributed by atoms with Crippen LogP contribution in [0, 0.1) is 10.1 Å². The van der Waals surface area contributed by atoms with Gasteiger partial charge in [0.25, 0.3) is 5.69 Å². The third kappa shape index (κ3) is 5.83. The first kappa shape index (κ1) is 23.7. The number of carbonyl (C=O) groups excluding carboxylic acids is 3. The molecule has 1 amide bonds. The molecule has 1 heterocycles. The summed E-state index contributed by atoms with van der Waals surface area (Å²) in [5, 5.41) is 13.5. The predicted octanol–water partition coefficient (Wildman–Crippen LogP) is 1.93. The van der Waals surface area contributed by atoms with E-state index in [-0.39, 0.29) is 35.0 Å². The molecule has 0 aromatic heterocycles. The van der Waals surface area contributed by atoms with Gasteiger partial charge in [-0.05, 0) is 30.3 Å². The van der Waals surface area contributed by atoms with Crippen molar-refractivity contribution in [3.8, 4) is 0 Å². The fourth-order valence-corrected chi connectivity index (χ4v) is 3.52. The van der Waals surface area contributed by atoms with Gasteiger partial charge in [-0.15, -0.1) is 0 Å². The zero-order valence-corrected chi connectivity index (χ0v) is 18.3. The Bertz CT molecular complexity index is 1050. The molecule has 0 unspecified atom stereocenters. The van der Waals surface area contributed by atoms with E-state index in [2.05, 4.69) is 10.2 Å². The highest BCUT2D eigenvalue weighted by Crippen LogP contribution is 2.22. The second-order valence-corrected chi connectivity index (χ2v) is 7.33. The Morgan fingerprint density at radius 3 is 2.18 bits per heavy atom. The van der Waals surface area contributed by atoms with Gasteiger partial charge in [0.1, 0.15) is 0 Å². The molecule has 1 aliphatic heterocycles. The van der Waals surface area contributed by atoms with Crippen LogP contribution in [0.25, 0.3) is 0 Å². The van der Waals surface area contributed by atoms with Crippen molar-refractivity contribution in [2.75, 3.05) is 57.2 Å². The van der Waals surface area contributed by atoms with Gasteiger partial charge in [0.15, 0.2) is 0 Å². The number of hydrogen-bond acceptors (Lipinski definition) is 9. The molecule has 1 N–H and O–H groups in total. The lowest BCUT2D eigenvalue weighted by Crippen LogP contribution is -2.48. The van der Waals surface area contributed by atoms with E-state index in [1.807, 2.05) is 4.90 Å². The van der Waals surface area contributed by atoms with E-state index in [4.69, 9.17) is 9.47 Å². The zero-order chi connectivity index (χ0) is 24.0. The summed E-state index contributed by atoms with van der Waals surface area (Å²) in [5.41, 5.74) is 1.40. The van der Waals surface area contributed by atoms with Gasteiger partial charge >= 0.3 is 11.9 Å². The SMILES string of the molecule is COC(=O)c1ccc(C(=O)OC)c(NC(=O)CN2CCN(c3ccc([N+](=O)[O-])cc3)CC2)c1. The molecule has 0 atom stereocenters. The lowest BCUT2D eigenvalue weighted by molar-refractivity contribution is -0.384. The Kier molecular flexibility index (Phi) is 7.57. The Morgan fingerprint density at radius 1 is 0.970 bits per heavy atom. The summed E-state index contributed by atoms with van der Waals surface area (Å²) in [4.78, 5) is 50.9. The lowest BCUT2D eigenvalue weighted by atomic mass is 10.1. The number of nitro groups is 1. The lowest BCUT2D eigenvalue weighted by Gasteiger charge is -2.35. The fraction of sp³-hybridized carbons (Fsp3) is 0.318. The van der Waals surface area contributed by atoms with Crippen molar-refractivity contribution in [3.63, 3.8) is 0 Å². The normalized spacial score (nSPS) is 13.8. The number of piperazine rings is 1. The van der Waals surface area contributed by atoms with Gasteiger partial charge in [-0.1, -0.05) is 0 Å². The molecule has 2 aromatic carbocycles. The Balaban J connectivity index is 1.60. The number of non-ortho nitro benzene ring substituents is 1. The van der Waals surface area contributed by atoms with Crippen LogP contribution in [0.2, 0.25) is 0 Å². The summed E-state index contributed by atoms with van der Waals surface area (Å²) in [6.07, 6.45) is 0. The highest BCUT2D eigenvalue weighted by atomic mass is 16.6. The van der Waals surface area contributed by atoms with Gasteiger partial charge in [0.05, 0.1) is 42.5 Å². The maximum atomic E-state index is 12.6. The Labute approximate surface area is 190 Å². The van der Waals surface area contributed by atoms with E-state index < -0.39 is 16.9 Å². The van der Waals surface area contributed by atoms with Gasteiger partial charge < -0.3 is 19.7 Å². The summed E-state index contributed by atoms with van der Waals surface area (Å²) < 4.78 is 9.44. The number of amides is 1. The van der Waals surface area contributed by atoms with Crippen molar-refractivity contribution in [2.45, 2.75) is 0 Å². The highest BCUT2D eigenvalue weighted by Gasteiger charge is 2.22. The molecule has 0 spiro atoms. The molecular formula is C22H24N4O7. The average molecular weight is 456 g/mol. The minimum absolute atomic E-state index is 0.0386. The summed E-state index contributed by atoms with van der Waals surface area (Å²) >= 11 is 0. The number of nitrogens with one attached hydrogen (secondary N) is 1. The fourth-order valence-electron chi connectivity index (χ4n) is 3.52. The van der Waals surface area contributed by atoms with Crippen LogP contribution in [0.1, 0.15) is 20.7 Å². The Hall–Kier alpha value is -3.99. The number of methoxy groups -OCH3 is 2. The second kappa shape index (κ2) is 10.6. The van der Waals surface area contributed by atoms with Crippen LogP contribution in [0.5, 0.6) is 0 Å². The number of carbonyl (C=O) groups is 3. The summed E-state index contributed by atoms with van der Waals surface area (Å²) in [6.45, 7) is 2.61. The molecule has 33 heavy (non-hydrogen) atoms. The van der Waals surface area contributed by atoms with Crippen molar-refractivity contribution in [1.82, 2.24) is 4.90 Å². The standard InChI is InChI=1S/C22H24N4O7/c1-32-21(28)15-3-8-18(22(29)33-2)19(13-15)23-20(27)14-24-9-11-25(12-10-24)16-4-6-17(7-5-16)26(30)31/h3-8,13H,9-12,14H2,1-2H3,(H,23,27). The zero-order valence-electron chi connectivity index (χ0n) is 18.3. The van der Waals surface area contributed by atoms with E-state index in [0.29, 0.717) is 26.2 Å². The minimum Gasteiger partial charge on any atom is -0.465 e. The van der Waals surface area contributed by atoms with Crippen LogP contribution < -0.4 is 10.2 Å². The predicted molar refractivity (Wildman–Crippen MR) is 120 cm³/mol. The van der Waals surface area contributed by atoms with E-state index in [0.717, 1.165) is 5.69 Å². The van der Waals surface area contributed by atoms with Gasteiger partial charge in [-0.25, -0.2) is 9.59 Å². The number of hydrogen-bond donors (Lipinski definition) is 1. The molecule has 174 valence electrons. The van der Waals surface area contributed by atoms with E-state index in [1.165, 1.54) is 44.6 Å². The maximum absolute atomic E-state index is 12.6. The third-order valence-corrected chi connectivity index (χ3v) is 5.29. The van der Waals surface area contributed by atoms with E-state index in [1.54, 1.807) is 12.1 Å². The molecule has 0 bridgehead atoms. The summed E-state index contributed by atoms with van der Waals surface area (Å²) in [6, 6.07) is 10.6. The monoisotopic (exact) mass is 456 g/mol. The number of nitrogens with zero attached hydrogens (tertiary/aromatic N) is 3. The highest BCUT2D eigenvalue weighted by molar-refractivity contribution is 6.03. The number of benzene rings is 2. The molecule has 11 nitrogen and oxygen atoms in total. The molecule has 11 heteroatoms. The van der Waals surface area contributed by atoms with Crippen LogP contribution in [0.3, 0.4) is 0 Å². The van der Waals surface area contributed by atoms with Crippen molar-refractivity contribution < 1.29 is 28.8 Å². The topological polar surface area (TPSA) is 131 Å². The van der Waals surface area contributed by atoms with Crippen molar-refractivity contribution in [2.24, 2.45) is 0 Å². The van der Waals surface area contributed by atoms with Gasteiger partial charge in [0, 0.05) is 44.0 Å². The quantitative estimate of drug-likeness (QED) is 0.377. The smallest absolute Gasteiger partial charge is 0.339 e. The molecule has 0 saturated carbocycles. The summed E-state index contributed by atoms with van der Waals surface area (Å²) in [7, 11) is 2.47. The van der Waals surface area contributed by atoms with E-state index in [9.17, 15) is 24.5 Å². The molecular weight excluding hydrogens is 432 g/mol. The summed E-state index contributed by atoms with van der Waals surface area (Å²) in [5.74, 6) is -1.58. The largest absolute Gasteiger partial charge is 0.465 e. The van der Waals surface area contributed by atoms with Crippen molar-refractivity contribution >= 4 is 34.9 Å². The molecule has 2 aromatic rings. The van der Waals surface area contributed by atoms with Crippen molar-refractivity contribution in [1.29, 1.82) is 0 Å². The maximum Gasteiger partial charge on any atom is 0.339 e. The third-order valence-electron chi connectivity index (χ3n) is 5.29. The molecule has 3 rings (SSSR count). The van der Waals surface area contributed by atoms with Gasteiger partial charge in [0.2, 0.25) is 5.91 Å². The number of esters is 2. The number of anilines is 2. The molecule has 1 saturated heterocycles. The van der Waals surface area contributed by atoms with Crippen LogP contribution in [-0.4, -0.2) is 74.6 Å². The average Bonchev–Trinajstić information content (AvgIpc) is 2.83. The first-order valence-corrected chi connectivity index (χ1v) is 10.1. The minimum atomic E-state index is -0.640. The second-order valence-electron chi connectivity index (χ2n) is 7.33. The number of rotatable bonds is 7. The molecule has 0 radical (unpaired) electrons. The van der Waals surface area contributed by atoms with Gasteiger partial charge in [-0.3, -0.25) is 19.8 Å². The van der Waals surface area contributed by atoms with Crippen LogP contribution >= 0.6 is 0 Å². The molecule has 1 fully saturated rings. The number of ether oxygens (including phenoxy) is 2. The molecule has 1 aliphatic rings. The van der Waals surface area contributed by atoms with E-state index >= 15 is 0 Å². The number of nitro benzene ring substituents is 1. The molecule has 0 aliphatic carbocycles. The first-order chi connectivity index (χ1) is 15.8. The van der Waals surface area contributed by atoms with Crippen LogP contribution in [0.15, 0.2) is 42.5 Å². The first-order valence-electron chi connectivity index (χ1n) is 10.1. The van der Waals surface area contributed by atoms with Crippen molar-refractivity contribution in [3.05, 3.63) is 63.7 Å². The van der Waals surface area contributed by atoms with Gasteiger partial charge in [-0.2, -0.15) is 0 Å². The van der Waals surface area contributed by atoms with Crippen LogP contribution in [-0.2, 0) is 14.3 Å². The Morgan fingerprint density at radius 2 is 1.61 bits per heavy atom. The van der Waals surface area contributed by atoms with Crippen LogP contribution in [0.4, 0.5) is 17.1 Å².